The van der Waals surface area contributed by atoms with Crippen molar-refractivity contribution in [2.75, 3.05) is 7.05 Å². The monoisotopic (exact) mass is 102 g/mol. The first kappa shape index (κ1) is 6.59. The van der Waals surface area contributed by atoms with Gasteiger partial charge in [0, 0.05) is 6.92 Å². The molecule has 0 rings (SSSR count). The number of likely N-dealkylation sites (N-methyl/N-ethyl adjacent to an activating group) is 1. The van der Waals surface area contributed by atoms with E-state index >= 15 is 0 Å². The van der Waals surface area contributed by atoms with Gasteiger partial charge in [0.15, 0.2) is 12.0 Å². The molecular formula is C4H8NO2. The summed E-state index contributed by atoms with van der Waals surface area (Å²) in [6, 6.07) is 0. The van der Waals surface area contributed by atoms with Crippen LogP contribution in [0.25, 0.3) is 0 Å². The van der Waals surface area contributed by atoms with Gasteiger partial charge in [0.1, 0.15) is 0 Å². The summed E-state index contributed by atoms with van der Waals surface area (Å²) in [5, 5.41) is 10.8. The van der Waals surface area contributed by atoms with E-state index in [9.17, 15) is 4.79 Å². The zero-order chi connectivity index (χ0) is 5.91. The Balaban J connectivity index is 3.58. The summed E-state index contributed by atoms with van der Waals surface area (Å²) in [5.41, 5.74) is -1.60. The van der Waals surface area contributed by atoms with E-state index in [-0.39, 0.29) is 0 Å². The first-order valence-corrected chi connectivity index (χ1v) is 1.85. The van der Waals surface area contributed by atoms with Gasteiger partial charge in [-0.25, -0.2) is 0 Å². The summed E-state index contributed by atoms with van der Waals surface area (Å²) in [4.78, 5) is 9.68. The topological polar surface area (TPSA) is 49.3 Å². The highest BCUT2D eigenvalue weighted by atomic mass is 16.3. The number of nitrogens with one attached hydrogen (secondary N) is 1. The molecule has 1 atom stereocenters. The van der Waals surface area contributed by atoms with Crippen molar-refractivity contribution in [3.8, 4) is 0 Å². The molecule has 0 aliphatic heterocycles. The maximum Gasteiger partial charge on any atom is 0.172 e. The Kier molecular flexibility index (Phi) is 1.92. The van der Waals surface area contributed by atoms with Gasteiger partial charge in [0.25, 0.3) is 0 Å². The van der Waals surface area contributed by atoms with Crippen LogP contribution in [-0.2, 0) is 4.79 Å². The van der Waals surface area contributed by atoms with Gasteiger partial charge in [-0.1, -0.05) is 0 Å². The molecule has 0 spiro atoms. The van der Waals surface area contributed by atoms with Gasteiger partial charge in [0.2, 0.25) is 0 Å². The lowest BCUT2D eigenvalue weighted by molar-refractivity contribution is -0.122. The van der Waals surface area contributed by atoms with Gasteiger partial charge >= 0.3 is 0 Å². The minimum atomic E-state index is -1.60. The van der Waals surface area contributed by atoms with Crippen LogP contribution < -0.4 is 5.32 Å². The second kappa shape index (κ2) is 2.04. The zero-order valence-electron chi connectivity index (χ0n) is 4.14. The largest absolute Gasteiger partial charge is 0.369 e. The minimum absolute atomic E-state index is 0.326. The number of hydrogen-bond donors (Lipinski definition) is 2. The van der Waals surface area contributed by atoms with E-state index in [0.29, 0.717) is 6.29 Å². The molecule has 0 aromatic heterocycles. The Morgan fingerprint density at radius 1 is 2.00 bits per heavy atom. The van der Waals surface area contributed by atoms with Crippen molar-refractivity contribution in [3.63, 3.8) is 0 Å². The predicted molar refractivity (Wildman–Crippen MR) is 25.4 cm³/mol. The highest BCUT2D eigenvalue weighted by molar-refractivity contribution is 5.62. The molecule has 3 nitrogen and oxygen atoms in total. The molecule has 3 heteroatoms. The highest BCUT2D eigenvalue weighted by Gasteiger charge is 2.13. The maximum absolute atomic E-state index is 9.68. The van der Waals surface area contributed by atoms with Crippen LogP contribution in [0, 0.1) is 6.92 Å². The van der Waals surface area contributed by atoms with Crippen molar-refractivity contribution in [1.29, 1.82) is 0 Å². The molecule has 0 aromatic carbocycles. The van der Waals surface area contributed by atoms with Crippen molar-refractivity contribution in [2.45, 2.75) is 5.72 Å². The van der Waals surface area contributed by atoms with Crippen LogP contribution >= 0.6 is 0 Å². The van der Waals surface area contributed by atoms with E-state index in [4.69, 9.17) is 5.11 Å². The third-order valence-corrected chi connectivity index (χ3v) is 0.628. The quantitative estimate of drug-likeness (QED) is 0.344. The maximum atomic E-state index is 9.68. The molecule has 41 valence electrons. The van der Waals surface area contributed by atoms with E-state index in [2.05, 4.69) is 12.2 Å². The fourth-order valence-corrected chi connectivity index (χ4v) is 0.0589. The second-order valence-electron chi connectivity index (χ2n) is 1.29. The van der Waals surface area contributed by atoms with Gasteiger partial charge in [0.05, 0.1) is 0 Å². The lowest BCUT2D eigenvalue weighted by atomic mass is 10.3. The van der Waals surface area contributed by atoms with Crippen molar-refractivity contribution >= 4 is 6.29 Å². The van der Waals surface area contributed by atoms with Crippen LogP contribution in [0.1, 0.15) is 0 Å². The highest BCUT2D eigenvalue weighted by Crippen LogP contribution is 1.85. The van der Waals surface area contributed by atoms with Crippen LogP contribution in [0.5, 0.6) is 0 Å². The summed E-state index contributed by atoms with van der Waals surface area (Å²) < 4.78 is 0. The van der Waals surface area contributed by atoms with Gasteiger partial charge in [-0.05, 0) is 7.05 Å². The van der Waals surface area contributed by atoms with Crippen molar-refractivity contribution in [2.24, 2.45) is 0 Å². The van der Waals surface area contributed by atoms with Crippen molar-refractivity contribution < 1.29 is 9.90 Å². The molecule has 1 unspecified atom stereocenters. The molecule has 0 saturated heterocycles. The first-order chi connectivity index (χ1) is 3.12. The second-order valence-corrected chi connectivity index (χ2v) is 1.29. The third-order valence-electron chi connectivity index (χ3n) is 0.628. The molecule has 0 fully saturated rings. The number of rotatable bonds is 2. The summed E-state index contributed by atoms with van der Waals surface area (Å²) in [6.07, 6.45) is 0.326. The molecule has 0 aromatic rings. The Hall–Kier alpha value is -0.410. The Labute approximate surface area is 42.3 Å². The Morgan fingerprint density at radius 3 is 2.43 bits per heavy atom. The number of carbonyl (C=O) groups is 1. The molecule has 2 N–H and O–H groups in total. The number of carbonyl (C=O) groups excluding carboxylic acids is 1. The van der Waals surface area contributed by atoms with E-state index in [1.807, 2.05) is 0 Å². The van der Waals surface area contributed by atoms with Crippen LogP contribution in [0.2, 0.25) is 0 Å². The minimum Gasteiger partial charge on any atom is -0.369 e. The fourth-order valence-electron chi connectivity index (χ4n) is 0.0589. The average Bonchev–Trinajstić information content (AvgIpc) is 1.68. The molecule has 0 saturated carbocycles. The molecular weight excluding hydrogens is 94.0 g/mol. The molecule has 0 amide bonds. The molecule has 0 aliphatic rings. The average molecular weight is 102 g/mol. The van der Waals surface area contributed by atoms with Gasteiger partial charge in [-0.3, -0.25) is 10.1 Å². The van der Waals surface area contributed by atoms with Crippen LogP contribution in [0.4, 0.5) is 0 Å². The lowest BCUT2D eigenvalue weighted by Gasteiger charge is -2.11. The fraction of sp³-hybridized carbons (Fsp3) is 0.500. The standard InChI is InChI=1S/C4H8NO2/c1-4(7,3-6)5-2/h3,5,7H,1H2,2H3. The van der Waals surface area contributed by atoms with Crippen LogP contribution in [0.3, 0.4) is 0 Å². The Bertz CT molecular complexity index is 70.1. The third kappa shape index (κ3) is 2.31. The van der Waals surface area contributed by atoms with Crippen LogP contribution in [-0.4, -0.2) is 24.2 Å². The Morgan fingerprint density at radius 2 is 2.43 bits per heavy atom. The van der Waals surface area contributed by atoms with Gasteiger partial charge < -0.3 is 5.11 Å². The lowest BCUT2D eigenvalue weighted by Crippen LogP contribution is -2.41. The van der Waals surface area contributed by atoms with Crippen LogP contribution in [0.15, 0.2) is 0 Å². The summed E-state index contributed by atoms with van der Waals surface area (Å²) in [6.45, 7) is 3.08. The summed E-state index contributed by atoms with van der Waals surface area (Å²) in [5.74, 6) is 0. The van der Waals surface area contributed by atoms with E-state index in [1.54, 1.807) is 0 Å². The molecule has 1 radical (unpaired) electrons. The van der Waals surface area contributed by atoms with E-state index in [0.717, 1.165) is 0 Å². The molecule has 7 heavy (non-hydrogen) atoms. The normalized spacial score (nSPS) is 18.1. The first-order valence-electron chi connectivity index (χ1n) is 1.85. The SMILES string of the molecule is [CH2]C(O)(C=O)NC. The van der Waals surface area contributed by atoms with Crippen molar-refractivity contribution in [1.82, 2.24) is 5.32 Å². The zero-order valence-corrected chi connectivity index (χ0v) is 4.14. The number of hydrogen-bond acceptors (Lipinski definition) is 3. The molecule has 0 heterocycles. The van der Waals surface area contributed by atoms with E-state index < -0.39 is 5.72 Å². The smallest absolute Gasteiger partial charge is 0.172 e. The van der Waals surface area contributed by atoms with Gasteiger partial charge in [-0.15, -0.1) is 0 Å². The van der Waals surface area contributed by atoms with Gasteiger partial charge in [-0.2, -0.15) is 0 Å². The molecule has 0 aliphatic carbocycles. The number of aldehydes is 1. The summed E-state index contributed by atoms with van der Waals surface area (Å²) >= 11 is 0. The van der Waals surface area contributed by atoms with Crippen molar-refractivity contribution in [3.05, 3.63) is 6.92 Å². The van der Waals surface area contributed by atoms with E-state index in [1.165, 1.54) is 7.05 Å². The number of aliphatic hydroxyl groups is 1. The predicted octanol–water partition coefficient (Wildman–Crippen LogP) is -1.07. The molecule has 0 bridgehead atoms. The summed E-state index contributed by atoms with van der Waals surface area (Å²) in [7, 11) is 1.45.